The molecule has 1 aliphatic rings. The van der Waals surface area contributed by atoms with Gasteiger partial charge in [0.2, 0.25) is 0 Å². The molecule has 0 saturated heterocycles. The molecule has 1 aliphatic carbocycles. The minimum atomic E-state index is 0.421. The summed E-state index contributed by atoms with van der Waals surface area (Å²) in [6, 6.07) is 4.03. The van der Waals surface area contributed by atoms with Gasteiger partial charge in [-0.2, -0.15) is 0 Å². The van der Waals surface area contributed by atoms with E-state index in [1.54, 1.807) is 7.11 Å². The van der Waals surface area contributed by atoms with E-state index in [0.29, 0.717) is 31.6 Å². The Hall–Kier alpha value is -1.49. The molecule has 1 saturated carbocycles. The summed E-state index contributed by atoms with van der Waals surface area (Å²) in [5, 5.41) is 2.96. The molecule has 0 spiro atoms. The van der Waals surface area contributed by atoms with Gasteiger partial charge in [0.25, 0.3) is 0 Å². The van der Waals surface area contributed by atoms with E-state index in [4.69, 9.17) is 14.9 Å². The Bertz CT molecular complexity index is 414. The van der Waals surface area contributed by atoms with Crippen molar-refractivity contribution in [2.45, 2.75) is 25.8 Å². The van der Waals surface area contributed by atoms with Gasteiger partial charge in [0, 0.05) is 19.6 Å². The van der Waals surface area contributed by atoms with Gasteiger partial charge in [-0.15, -0.1) is 0 Å². The number of rotatable bonds is 6. The fourth-order valence-electron chi connectivity index (χ4n) is 1.90. The SMILES string of the molecule is COCCNC(N)=NCc1ccc([C@H]2C[C@H]2C)o1. The Morgan fingerprint density at radius 2 is 2.39 bits per heavy atom. The molecule has 0 amide bonds. The van der Waals surface area contributed by atoms with Crippen LogP contribution in [0.2, 0.25) is 0 Å². The Balaban J connectivity index is 1.78. The lowest BCUT2D eigenvalue weighted by molar-refractivity contribution is 0.204. The lowest BCUT2D eigenvalue weighted by atomic mass is 10.3. The zero-order chi connectivity index (χ0) is 13.0. The third-order valence-electron chi connectivity index (χ3n) is 3.17. The van der Waals surface area contributed by atoms with Crippen LogP contribution in [0, 0.1) is 5.92 Å². The smallest absolute Gasteiger partial charge is 0.189 e. The zero-order valence-corrected chi connectivity index (χ0v) is 11.0. The van der Waals surface area contributed by atoms with Crippen molar-refractivity contribution >= 4 is 5.96 Å². The van der Waals surface area contributed by atoms with Crippen molar-refractivity contribution in [2.75, 3.05) is 20.3 Å². The lowest BCUT2D eigenvalue weighted by Crippen LogP contribution is -2.34. The van der Waals surface area contributed by atoms with E-state index >= 15 is 0 Å². The predicted octanol–water partition coefficient (Wildman–Crippen LogP) is 1.45. The number of methoxy groups -OCH3 is 1. The molecule has 2 rings (SSSR count). The van der Waals surface area contributed by atoms with Crippen molar-refractivity contribution < 1.29 is 9.15 Å². The standard InChI is InChI=1S/C13H21N3O2/c1-9-7-11(9)12-4-3-10(18-12)8-16-13(14)15-5-6-17-2/h3-4,9,11H,5-8H2,1-2H3,(H3,14,15,16)/t9-,11+/m1/s1. The lowest BCUT2D eigenvalue weighted by Gasteiger charge is -2.03. The Kier molecular flexibility index (Phi) is 4.25. The summed E-state index contributed by atoms with van der Waals surface area (Å²) in [7, 11) is 1.65. The molecule has 3 N–H and O–H groups in total. The minimum absolute atomic E-state index is 0.421. The molecule has 0 unspecified atom stereocenters. The van der Waals surface area contributed by atoms with E-state index in [1.807, 2.05) is 12.1 Å². The Morgan fingerprint density at radius 1 is 1.61 bits per heavy atom. The van der Waals surface area contributed by atoms with Gasteiger partial charge in [0.05, 0.1) is 6.61 Å². The van der Waals surface area contributed by atoms with Crippen LogP contribution in [0.3, 0.4) is 0 Å². The monoisotopic (exact) mass is 251 g/mol. The van der Waals surface area contributed by atoms with Crippen LogP contribution in [-0.4, -0.2) is 26.2 Å². The number of aliphatic imine (C=N–C) groups is 1. The highest BCUT2D eigenvalue weighted by Gasteiger charge is 2.36. The minimum Gasteiger partial charge on any atom is -0.464 e. The van der Waals surface area contributed by atoms with Gasteiger partial charge in [0.1, 0.15) is 18.1 Å². The van der Waals surface area contributed by atoms with Crippen molar-refractivity contribution in [1.29, 1.82) is 0 Å². The molecular formula is C13H21N3O2. The second-order valence-corrected chi connectivity index (χ2v) is 4.74. The van der Waals surface area contributed by atoms with Crippen molar-refractivity contribution in [3.63, 3.8) is 0 Å². The highest BCUT2D eigenvalue weighted by atomic mass is 16.5. The normalized spacial score (nSPS) is 23.1. The third kappa shape index (κ3) is 3.50. The van der Waals surface area contributed by atoms with E-state index < -0.39 is 0 Å². The average molecular weight is 251 g/mol. The summed E-state index contributed by atoms with van der Waals surface area (Å²) < 4.78 is 10.6. The summed E-state index contributed by atoms with van der Waals surface area (Å²) in [6.07, 6.45) is 1.23. The van der Waals surface area contributed by atoms with Gasteiger partial charge in [-0.25, -0.2) is 4.99 Å². The van der Waals surface area contributed by atoms with Crippen LogP contribution in [0.5, 0.6) is 0 Å². The Morgan fingerprint density at radius 3 is 3.06 bits per heavy atom. The van der Waals surface area contributed by atoms with Crippen LogP contribution in [0.4, 0.5) is 0 Å². The maximum Gasteiger partial charge on any atom is 0.189 e. The van der Waals surface area contributed by atoms with Crippen molar-refractivity contribution in [2.24, 2.45) is 16.6 Å². The summed E-state index contributed by atoms with van der Waals surface area (Å²) in [5.74, 6) is 3.73. The van der Waals surface area contributed by atoms with Crippen LogP contribution in [0.1, 0.15) is 30.8 Å². The molecule has 100 valence electrons. The second kappa shape index (κ2) is 5.91. The van der Waals surface area contributed by atoms with E-state index in [9.17, 15) is 0 Å². The summed E-state index contributed by atoms with van der Waals surface area (Å²) in [6.45, 7) is 3.99. The summed E-state index contributed by atoms with van der Waals surface area (Å²) >= 11 is 0. The van der Waals surface area contributed by atoms with Gasteiger partial charge in [-0.1, -0.05) is 6.92 Å². The molecule has 18 heavy (non-hydrogen) atoms. The number of guanidine groups is 1. The van der Waals surface area contributed by atoms with Crippen molar-refractivity contribution in [3.8, 4) is 0 Å². The molecule has 1 fully saturated rings. The van der Waals surface area contributed by atoms with E-state index in [2.05, 4.69) is 17.2 Å². The molecule has 2 atom stereocenters. The number of furan rings is 1. The van der Waals surface area contributed by atoms with Crippen molar-refractivity contribution in [1.82, 2.24) is 5.32 Å². The first-order valence-electron chi connectivity index (χ1n) is 6.32. The fraction of sp³-hybridized carbons (Fsp3) is 0.615. The molecule has 1 aromatic rings. The van der Waals surface area contributed by atoms with Crippen LogP contribution >= 0.6 is 0 Å². The van der Waals surface area contributed by atoms with Gasteiger partial charge in [0.15, 0.2) is 5.96 Å². The fourth-order valence-corrected chi connectivity index (χ4v) is 1.90. The number of hydrogen-bond donors (Lipinski definition) is 2. The molecule has 0 radical (unpaired) electrons. The van der Waals surface area contributed by atoms with E-state index in [0.717, 1.165) is 17.4 Å². The molecule has 0 aliphatic heterocycles. The number of nitrogens with one attached hydrogen (secondary N) is 1. The number of hydrogen-bond acceptors (Lipinski definition) is 3. The number of nitrogens with two attached hydrogens (primary N) is 1. The predicted molar refractivity (Wildman–Crippen MR) is 70.4 cm³/mol. The van der Waals surface area contributed by atoms with Crippen molar-refractivity contribution in [3.05, 3.63) is 23.7 Å². The van der Waals surface area contributed by atoms with Crippen LogP contribution < -0.4 is 11.1 Å². The average Bonchev–Trinajstić information content (AvgIpc) is 2.91. The highest BCUT2D eigenvalue weighted by molar-refractivity contribution is 5.77. The van der Waals surface area contributed by atoms with Gasteiger partial charge < -0.3 is 20.2 Å². The summed E-state index contributed by atoms with van der Waals surface area (Å²) in [5.41, 5.74) is 5.70. The molecular weight excluding hydrogens is 230 g/mol. The number of ether oxygens (including phenoxy) is 1. The molecule has 1 aromatic heterocycles. The third-order valence-corrected chi connectivity index (χ3v) is 3.17. The summed E-state index contributed by atoms with van der Waals surface area (Å²) in [4.78, 5) is 4.21. The van der Waals surface area contributed by atoms with Crippen LogP contribution in [0.15, 0.2) is 21.5 Å². The molecule has 5 heteroatoms. The molecule has 5 nitrogen and oxygen atoms in total. The Labute approximate surface area is 107 Å². The first kappa shape index (κ1) is 13.0. The van der Waals surface area contributed by atoms with Crippen LogP contribution in [0.25, 0.3) is 0 Å². The second-order valence-electron chi connectivity index (χ2n) is 4.74. The number of nitrogens with zero attached hydrogens (tertiary/aromatic N) is 1. The quantitative estimate of drug-likeness (QED) is 0.456. The largest absolute Gasteiger partial charge is 0.464 e. The molecule has 1 heterocycles. The van der Waals surface area contributed by atoms with Gasteiger partial charge >= 0.3 is 0 Å². The molecule has 0 bridgehead atoms. The van der Waals surface area contributed by atoms with E-state index in [-0.39, 0.29) is 0 Å². The highest BCUT2D eigenvalue weighted by Crippen LogP contribution is 2.47. The van der Waals surface area contributed by atoms with E-state index in [1.165, 1.54) is 6.42 Å². The maximum absolute atomic E-state index is 5.74. The van der Waals surface area contributed by atoms with Crippen LogP contribution in [-0.2, 0) is 11.3 Å². The first-order chi connectivity index (χ1) is 8.70. The van der Waals surface area contributed by atoms with Gasteiger partial charge in [-0.05, 0) is 24.5 Å². The molecule has 0 aromatic carbocycles. The zero-order valence-electron chi connectivity index (χ0n) is 11.0. The topological polar surface area (TPSA) is 72.8 Å². The maximum atomic E-state index is 5.74. The van der Waals surface area contributed by atoms with Gasteiger partial charge in [-0.3, -0.25) is 0 Å². The first-order valence-corrected chi connectivity index (χ1v) is 6.32.